The Morgan fingerprint density at radius 1 is 1.00 bits per heavy atom. The van der Waals surface area contributed by atoms with Gasteiger partial charge in [0, 0.05) is 10.7 Å². The van der Waals surface area contributed by atoms with Gasteiger partial charge in [-0.15, -0.1) is 10.2 Å². The van der Waals surface area contributed by atoms with Crippen molar-refractivity contribution >= 4 is 34.2 Å². The predicted octanol–water partition coefficient (Wildman–Crippen LogP) is 5.58. The summed E-state index contributed by atoms with van der Waals surface area (Å²) >= 11 is 5.93. The number of anilines is 1. The maximum absolute atomic E-state index is 13.0. The molecule has 1 aromatic heterocycles. The molecule has 0 aliphatic carbocycles. The second-order valence-corrected chi connectivity index (χ2v) is 8.53. The average molecular weight is 465 g/mol. The Hall–Kier alpha value is -3.58. The maximum Gasteiger partial charge on any atom is 0.267 e. The number of hydrogen-bond acceptors (Lipinski definition) is 5. The van der Waals surface area contributed by atoms with Crippen LogP contribution in [0.5, 0.6) is 11.5 Å². The Labute approximate surface area is 197 Å². The summed E-state index contributed by atoms with van der Waals surface area (Å²) in [5.74, 6) is 1.08. The molecule has 4 rings (SSSR count). The molecule has 0 saturated carbocycles. The summed E-state index contributed by atoms with van der Waals surface area (Å²) in [6.07, 6.45) is 0. The third-order valence-electron chi connectivity index (χ3n) is 5.09. The van der Waals surface area contributed by atoms with Gasteiger partial charge in [-0.3, -0.25) is 4.79 Å². The van der Waals surface area contributed by atoms with E-state index in [1.165, 1.54) is 0 Å². The van der Waals surface area contributed by atoms with E-state index in [2.05, 4.69) is 15.5 Å². The first-order valence-corrected chi connectivity index (χ1v) is 11.0. The van der Waals surface area contributed by atoms with E-state index in [1.807, 2.05) is 50.2 Å². The molecule has 33 heavy (non-hydrogen) atoms. The molecule has 0 radical (unpaired) electrons. The highest BCUT2D eigenvalue weighted by Gasteiger charge is 2.30. The lowest BCUT2D eigenvalue weighted by molar-refractivity contribution is -0.128. The number of fused-ring (bicyclic) bond motifs is 1. The Kier molecular flexibility index (Phi) is 6.24. The van der Waals surface area contributed by atoms with E-state index in [1.54, 1.807) is 42.9 Å². The first-order valence-electron chi connectivity index (χ1n) is 10.6. The van der Waals surface area contributed by atoms with E-state index < -0.39 is 5.60 Å². The van der Waals surface area contributed by atoms with Gasteiger partial charge in [0.25, 0.3) is 5.91 Å². The van der Waals surface area contributed by atoms with Crippen LogP contribution in [-0.2, 0) is 4.79 Å². The maximum atomic E-state index is 13.0. The highest BCUT2D eigenvalue weighted by Crippen LogP contribution is 2.26. The molecule has 0 unspecified atom stereocenters. The molecule has 4 aromatic rings. The molecule has 0 bridgehead atoms. The van der Waals surface area contributed by atoms with Crippen molar-refractivity contribution in [2.24, 2.45) is 0 Å². The molecule has 0 atom stereocenters. The van der Waals surface area contributed by atoms with Crippen LogP contribution in [0, 0.1) is 6.92 Å². The summed E-state index contributed by atoms with van der Waals surface area (Å²) in [5.41, 5.74) is 2.64. The molecule has 0 aliphatic heterocycles. The Bertz CT molecular complexity index is 1280. The molecule has 170 valence electrons. The van der Waals surface area contributed by atoms with Crippen molar-refractivity contribution in [2.45, 2.75) is 33.3 Å². The fourth-order valence-corrected chi connectivity index (χ4v) is 3.40. The summed E-state index contributed by atoms with van der Waals surface area (Å²) < 4.78 is 11.4. The minimum absolute atomic E-state index is 0.279. The first-order chi connectivity index (χ1) is 15.7. The number of carbonyl (C=O) groups excluding carboxylic acids is 1. The molecule has 0 fully saturated rings. The predicted molar refractivity (Wildman–Crippen MR) is 130 cm³/mol. The van der Waals surface area contributed by atoms with Crippen LogP contribution in [0.2, 0.25) is 5.02 Å². The molecule has 0 saturated heterocycles. The summed E-state index contributed by atoms with van der Waals surface area (Å²) in [6.45, 7) is 7.90. The SMILES string of the molecule is CCOc1ccc(-n2nc3cc(C)c(NC(=O)C(C)(C)Oc4ccc(Cl)cc4)cc3n2)cc1. The quantitative estimate of drug-likeness (QED) is 0.386. The van der Waals surface area contributed by atoms with Crippen LogP contribution in [0.3, 0.4) is 0 Å². The number of hydrogen-bond donors (Lipinski definition) is 1. The zero-order valence-electron chi connectivity index (χ0n) is 18.9. The third kappa shape index (κ3) is 5.09. The van der Waals surface area contributed by atoms with Crippen LogP contribution in [0.4, 0.5) is 5.69 Å². The largest absolute Gasteiger partial charge is 0.494 e. The monoisotopic (exact) mass is 464 g/mol. The van der Waals surface area contributed by atoms with Gasteiger partial charge in [0.2, 0.25) is 0 Å². The number of nitrogens with one attached hydrogen (secondary N) is 1. The van der Waals surface area contributed by atoms with Gasteiger partial charge in [-0.25, -0.2) is 0 Å². The highest BCUT2D eigenvalue weighted by atomic mass is 35.5. The summed E-state index contributed by atoms with van der Waals surface area (Å²) in [6, 6.07) is 18.2. The molecule has 1 heterocycles. The fourth-order valence-electron chi connectivity index (χ4n) is 3.28. The zero-order chi connectivity index (χ0) is 23.6. The van der Waals surface area contributed by atoms with Gasteiger partial charge in [0.1, 0.15) is 22.5 Å². The van der Waals surface area contributed by atoms with Crippen molar-refractivity contribution in [3.05, 3.63) is 71.2 Å². The molecule has 8 heteroatoms. The van der Waals surface area contributed by atoms with E-state index >= 15 is 0 Å². The topological polar surface area (TPSA) is 78.3 Å². The standard InChI is InChI=1S/C25H25ClN4O3/c1-5-32-19-12-8-18(9-13-19)30-28-22-14-16(2)21(15-23(22)29-30)27-24(31)25(3,4)33-20-10-6-17(26)7-11-20/h6-15H,5H2,1-4H3,(H,27,31). The summed E-state index contributed by atoms with van der Waals surface area (Å²) in [5, 5.41) is 12.7. The lowest BCUT2D eigenvalue weighted by Crippen LogP contribution is -2.42. The van der Waals surface area contributed by atoms with Crippen LogP contribution in [0.1, 0.15) is 26.3 Å². The lowest BCUT2D eigenvalue weighted by Gasteiger charge is -2.25. The Morgan fingerprint density at radius 3 is 2.24 bits per heavy atom. The molecule has 0 spiro atoms. The average Bonchev–Trinajstić information content (AvgIpc) is 3.19. The molecular weight excluding hydrogens is 440 g/mol. The van der Waals surface area contributed by atoms with Crippen molar-refractivity contribution in [2.75, 3.05) is 11.9 Å². The van der Waals surface area contributed by atoms with Crippen LogP contribution in [-0.4, -0.2) is 33.1 Å². The smallest absolute Gasteiger partial charge is 0.267 e. The van der Waals surface area contributed by atoms with E-state index in [4.69, 9.17) is 21.1 Å². The van der Waals surface area contributed by atoms with Gasteiger partial charge in [0.05, 0.1) is 12.3 Å². The van der Waals surface area contributed by atoms with Crippen LogP contribution in [0.25, 0.3) is 16.7 Å². The number of ether oxygens (including phenoxy) is 2. The number of aryl methyl sites for hydroxylation is 1. The van der Waals surface area contributed by atoms with Crippen LogP contribution < -0.4 is 14.8 Å². The molecule has 3 aromatic carbocycles. The molecule has 0 aliphatic rings. The minimum atomic E-state index is -1.10. The van der Waals surface area contributed by atoms with Gasteiger partial charge in [-0.1, -0.05) is 11.6 Å². The van der Waals surface area contributed by atoms with Crippen LogP contribution >= 0.6 is 11.6 Å². The van der Waals surface area contributed by atoms with E-state index in [-0.39, 0.29) is 5.91 Å². The second-order valence-electron chi connectivity index (χ2n) is 8.09. The Balaban J connectivity index is 1.54. The number of benzene rings is 3. The van der Waals surface area contributed by atoms with Crippen molar-refractivity contribution in [1.29, 1.82) is 0 Å². The number of halogens is 1. The zero-order valence-corrected chi connectivity index (χ0v) is 19.7. The van der Waals surface area contributed by atoms with Gasteiger partial charge >= 0.3 is 0 Å². The third-order valence-corrected chi connectivity index (χ3v) is 5.34. The van der Waals surface area contributed by atoms with Gasteiger partial charge in [-0.05, 0) is 93.9 Å². The number of nitrogens with zero attached hydrogens (tertiary/aromatic N) is 3. The van der Waals surface area contributed by atoms with Gasteiger partial charge in [0.15, 0.2) is 5.60 Å². The summed E-state index contributed by atoms with van der Waals surface area (Å²) in [7, 11) is 0. The molecule has 1 N–H and O–H groups in total. The molecule has 1 amide bonds. The second kappa shape index (κ2) is 9.11. The number of amides is 1. The normalized spacial score (nSPS) is 11.4. The fraction of sp³-hybridized carbons (Fsp3) is 0.240. The molecule has 7 nitrogen and oxygen atoms in total. The van der Waals surface area contributed by atoms with Gasteiger partial charge < -0.3 is 14.8 Å². The first kappa shape index (κ1) is 22.6. The van der Waals surface area contributed by atoms with Crippen LogP contribution in [0.15, 0.2) is 60.7 Å². The van der Waals surface area contributed by atoms with E-state index in [0.717, 1.165) is 22.5 Å². The van der Waals surface area contributed by atoms with Crippen molar-refractivity contribution in [3.63, 3.8) is 0 Å². The molecular formula is C25H25ClN4O3. The van der Waals surface area contributed by atoms with Crippen molar-refractivity contribution < 1.29 is 14.3 Å². The number of carbonyl (C=O) groups is 1. The Morgan fingerprint density at radius 2 is 1.61 bits per heavy atom. The number of aromatic nitrogens is 3. The van der Waals surface area contributed by atoms with Gasteiger partial charge in [-0.2, -0.15) is 4.80 Å². The highest BCUT2D eigenvalue weighted by molar-refractivity contribution is 6.30. The lowest BCUT2D eigenvalue weighted by atomic mass is 10.1. The van der Waals surface area contributed by atoms with Crippen molar-refractivity contribution in [1.82, 2.24) is 15.0 Å². The minimum Gasteiger partial charge on any atom is -0.494 e. The van der Waals surface area contributed by atoms with Crippen molar-refractivity contribution in [3.8, 4) is 17.2 Å². The van der Waals surface area contributed by atoms with E-state index in [0.29, 0.717) is 28.6 Å². The van der Waals surface area contributed by atoms with E-state index in [9.17, 15) is 4.79 Å². The summed E-state index contributed by atoms with van der Waals surface area (Å²) in [4.78, 5) is 14.6. The number of rotatable bonds is 7.